The van der Waals surface area contributed by atoms with Gasteiger partial charge in [-0.05, 0) is 36.6 Å². The van der Waals surface area contributed by atoms with Crippen LogP contribution in [-0.2, 0) is 11.2 Å². The second-order valence-corrected chi connectivity index (χ2v) is 4.90. The van der Waals surface area contributed by atoms with Crippen molar-refractivity contribution in [1.29, 1.82) is 0 Å². The molecule has 116 valence electrons. The van der Waals surface area contributed by atoms with Gasteiger partial charge in [-0.15, -0.1) is 0 Å². The van der Waals surface area contributed by atoms with Gasteiger partial charge in [-0.25, -0.2) is 0 Å². The lowest BCUT2D eigenvalue weighted by molar-refractivity contribution is -0.116. The maximum atomic E-state index is 11.9. The lowest BCUT2D eigenvalue weighted by atomic mass is 10.1. The first-order chi connectivity index (χ1) is 10.7. The summed E-state index contributed by atoms with van der Waals surface area (Å²) < 4.78 is 4.99. The minimum atomic E-state index is -0.262. The molecule has 2 amide bonds. The summed E-state index contributed by atoms with van der Waals surface area (Å²) in [5, 5.41) is 5.62. The number of aryl methyl sites for hydroxylation is 1. The molecule has 5 nitrogen and oxygen atoms in total. The van der Waals surface area contributed by atoms with Crippen LogP contribution in [0, 0.1) is 0 Å². The summed E-state index contributed by atoms with van der Waals surface area (Å²) in [7, 11) is 0. The number of furan rings is 1. The Labute approximate surface area is 129 Å². The Kier molecular flexibility index (Phi) is 5.77. The second-order valence-electron chi connectivity index (χ2n) is 4.90. The molecule has 0 radical (unpaired) electrons. The molecule has 2 N–H and O–H groups in total. The standard InChI is InChI=1S/C17H20N2O3/c1-2-13-7-3-4-8-14(13)19-16(20)10-5-11-18-17(21)15-9-6-12-22-15/h3-4,6-9,12H,2,5,10-11H2,1H3,(H,18,21)(H,19,20). The second kappa shape index (κ2) is 8.02. The van der Waals surface area contributed by atoms with Crippen molar-refractivity contribution in [3.8, 4) is 0 Å². The quantitative estimate of drug-likeness (QED) is 0.772. The molecule has 0 bridgehead atoms. The van der Waals surface area contributed by atoms with Gasteiger partial charge in [0.2, 0.25) is 5.91 Å². The van der Waals surface area contributed by atoms with Crippen LogP contribution in [0.3, 0.4) is 0 Å². The number of carbonyl (C=O) groups excluding carboxylic acids is 2. The summed E-state index contributed by atoms with van der Waals surface area (Å²) in [6.07, 6.45) is 3.26. The number of rotatable bonds is 7. The first-order valence-electron chi connectivity index (χ1n) is 7.40. The van der Waals surface area contributed by atoms with Crippen LogP contribution in [-0.4, -0.2) is 18.4 Å². The predicted octanol–water partition coefficient (Wildman–Crippen LogP) is 2.99. The maximum absolute atomic E-state index is 11.9. The number of hydrogen-bond donors (Lipinski definition) is 2. The summed E-state index contributed by atoms with van der Waals surface area (Å²) >= 11 is 0. The number of anilines is 1. The van der Waals surface area contributed by atoms with Gasteiger partial charge in [0, 0.05) is 18.7 Å². The normalized spacial score (nSPS) is 10.2. The van der Waals surface area contributed by atoms with Gasteiger partial charge in [0.05, 0.1) is 6.26 Å². The monoisotopic (exact) mass is 300 g/mol. The molecule has 0 spiro atoms. The third kappa shape index (κ3) is 4.48. The molecule has 0 fully saturated rings. The van der Waals surface area contributed by atoms with E-state index < -0.39 is 0 Å². The molecule has 1 aromatic heterocycles. The molecule has 0 saturated carbocycles. The smallest absolute Gasteiger partial charge is 0.286 e. The number of para-hydroxylation sites is 1. The van der Waals surface area contributed by atoms with Crippen molar-refractivity contribution < 1.29 is 14.0 Å². The van der Waals surface area contributed by atoms with Crippen molar-refractivity contribution in [2.75, 3.05) is 11.9 Å². The molecule has 2 rings (SSSR count). The van der Waals surface area contributed by atoms with Gasteiger partial charge in [-0.3, -0.25) is 9.59 Å². The van der Waals surface area contributed by atoms with Gasteiger partial charge in [0.1, 0.15) is 0 Å². The topological polar surface area (TPSA) is 71.3 Å². The Bertz CT molecular complexity index is 621. The Balaban J connectivity index is 1.71. The molecule has 0 unspecified atom stereocenters. The van der Waals surface area contributed by atoms with Crippen molar-refractivity contribution in [1.82, 2.24) is 5.32 Å². The van der Waals surface area contributed by atoms with Crippen LogP contribution in [0.2, 0.25) is 0 Å². The third-order valence-electron chi connectivity index (χ3n) is 3.28. The lowest BCUT2D eigenvalue weighted by Crippen LogP contribution is -2.25. The molecule has 0 aliphatic rings. The van der Waals surface area contributed by atoms with Crippen LogP contribution in [0.15, 0.2) is 47.1 Å². The first-order valence-corrected chi connectivity index (χ1v) is 7.40. The van der Waals surface area contributed by atoms with Crippen LogP contribution < -0.4 is 10.6 Å². The van der Waals surface area contributed by atoms with Crippen LogP contribution in [0.5, 0.6) is 0 Å². The summed E-state index contributed by atoms with van der Waals surface area (Å²) in [5.41, 5.74) is 1.97. The van der Waals surface area contributed by atoms with E-state index in [4.69, 9.17) is 4.42 Å². The van der Waals surface area contributed by atoms with Gasteiger partial charge < -0.3 is 15.1 Å². The van der Waals surface area contributed by atoms with Crippen molar-refractivity contribution >= 4 is 17.5 Å². The average molecular weight is 300 g/mol. The van der Waals surface area contributed by atoms with E-state index in [2.05, 4.69) is 17.6 Å². The Morgan fingerprint density at radius 2 is 1.95 bits per heavy atom. The van der Waals surface area contributed by atoms with E-state index in [0.29, 0.717) is 19.4 Å². The minimum absolute atomic E-state index is 0.0480. The van der Waals surface area contributed by atoms with Gasteiger partial charge >= 0.3 is 0 Å². The third-order valence-corrected chi connectivity index (χ3v) is 3.28. The van der Waals surface area contributed by atoms with E-state index in [1.165, 1.54) is 6.26 Å². The zero-order valence-electron chi connectivity index (χ0n) is 12.6. The fourth-order valence-electron chi connectivity index (χ4n) is 2.11. The lowest BCUT2D eigenvalue weighted by Gasteiger charge is -2.09. The minimum Gasteiger partial charge on any atom is -0.459 e. The zero-order chi connectivity index (χ0) is 15.8. The Morgan fingerprint density at radius 1 is 1.14 bits per heavy atom. The highest BCUT2D eigenvalue weighted by Gasteiger charge is 2.08. The Hall–Kier alpha value is -2.56. The van der Waals surface area contributed by atoms with E-state index in [9.17, 15) is 9.59 Å². The highest BCUT2D eigenvalue weighted by atomic mass is 16.3. The zero-order valence-corrected chi connectivity index (χ0v) is 12.6. The average Bonchev–Trinajstić information content (AvgIpc) is 3.06. The maximum Gasteiger partial charge on any atom is 0.286 e. The molecule has 0 aliphatic heterocycles. The molecule has 0 atom stereocenters. The van der Waals surface area contributed by atoms with Crippen LogP contribution in [0.25, 0.3) is 0 Å². The first kappa shape index (κ1) is 15.8. The number of amides is 2. The number of carbonyl (C=O) groups is 2. The summed E-state index contributed by atoms with van der Waals surface area (Å²) in [6, 6.07) is 11.0. The molecule has 22 heavy (non-hydrogen) atoms. The van der Waals surface area contributed by atoms with Gasteiger partial charge in [0.25, 0.3) is 5.91 Å². The largest absolute Gasteiger partial charge is 0.459 e. The number of nitrogens with one attached hydrogen (secondary N) is 2. The Morgan fingerprint density at radius 3 is 2.68 bits per heavy atom. The van der Waals surface area contributed by atoms with Gasteiger partial charge in [-0.2, -0.15) is 0 Å². The molecule has 1 aromatic carbocycles. The van der Waals surface area contributed by atoms with Gasteiger partial charge in [0.15, 0.2) is 5.76 Å². The van der Waals surface area contributed by atoms with Crippen molar-refractivity contribution in [3.63, 3.8) is 0 Å². The fourth-order valence-corrected chi connectivity index (χ4v) is 2.11. The predicted molar refractivity (Wildman–Crippen MR) is 84.7 cm³/mol. The highest BCUT2D eigenvalue weighted by molar-refractivity contribution is 5.92. The molecule has 0 aliphatic carbocycles. The van der Waals surface area contributed by atoms with Crippen molar-refractivity contribution in [2.24, 2.45) is 0 Å². The molecule has 2 aromatic rings. The SMILES string of the molecule is CCc1ccccc1NC(=O)CCCNC(=O)c1ccco1. The fraction of sp³-hybridized carbons (Fsp3) is 0.294. The number of hydrogen-bond acceptors (Lipinski definition) is 3. The molecular weight excluding hydrogens is 280 g/mol. The molecule has 0 saturated heterocycles. The highest BCUT2D eigenvalue weighted by Crippen LogP contribution is 2.15. The van der Waals surface area contributed by atoms with Crippen LogP contribution >= 0.6 is 0 Å². The van der Waals surface area contributed by atoms with Crippen molar-refractivity contribution in [3.05, 3.63) is 54.0 Å². The number of benzene rings is 1. The molecule has 1 heterocycles. The van der Waals surface area contributed by atoms with E-state index in [1.807, 2.05) is 24.3 Å². The summed E-state index contributed by atoms with van der Waals surface area (Å²) in [4.78, 5) is 23.5. The van der Waals surface area contributed by atoms with E-state index in [-0.39, 0.29) is 17.6 Å². The van der Waals surface area contributed by atoms with E-state index in [0.717, 1.165) is 17.7 Å². The molecular formula is C17H20N2O3. The summed E-state index contributed by atoms with van der Waals surface area (Å²) in [5.74, 6) is -0.0313. The molecule has 5 heteroatoms. The van der Waals surface area contributed by atoms with Crippen LogP contribution in [0.1, 0.15) is 35.9 Å². The van der Waals surface area contributed by atoms with Gasteiger partial charge in [-0.1, -0.05) is 25.1 Å². The van der Waals surface area contributed by atoms with Crippen LogP contribution in [0.4, 0.5) is 5.69 Å². The van der Waals surface area contributed by atoms with Crippen molar-refractivity contribution in [2.45, 2.75) is 26.2 Å². The van der Waals surface area contributed by atoms with E-state index >= 15 is 0 Å². The summed E-state index contributed by atoms with van der Waals surface area (Å²) in [6.45, 7) is 2.48. The van der Waals surface area contributed by atoms with E-state index in [1.54, 1.807) is 12.1 Å².